The first-order chi connectivity index (χ1) is 12.9. The van der Waals surface area contributed by atoms with Crippen LogP contribution in [-0.2, 0) is 17.6 Å². The van der Waals surface area contributed by atoms with Crippen LogP contribution >= 0.6 is 0 Å². The Bertz CT molecular complexity index is 952. The SMILES string of the molecule is Cc1[nH]c2c(C)ccc(C)c2c1CC(=O)NCCc1ccc(N(C)C)cc1. The van der Waals surface area contributed by atoms with Gasteiger partial charge in [0.15, 0.2) is 0 Å². The molecule has 1 heterocycles. The fourth-order valence-electron chi connectivity index (χ4n) is 3.56. The van der Waals surface area contributed by atoms with E-state index >= 15 is 0 Å². The van der Waals surface area contributed by atoms with E-state index < -0.39 is 0 Å². The van der Waals surface area contributed by atoms with Crippen molar-refractivity contribution in [1.29, 1.82) is 0 Å². The Morgan fingerprint density at radius 2 is 1.67 bits per heavy atom. The third kappa shape index (κ3) is 4.16. The van der Waals surface area contributed by atoms with Crippen molar-refractivity contribution in [3.63, 3.8) is 0 Å². The van der Waals surface area contributed by atoms with Gasteiger partial charge in [-0.1, -0.05) is 24.3 Å². The van der Waals surface area contributed by atoms with E-state index in [0.717, 1.165) is 23.2 Å². The molecule has 0 fully saturated rings. The van der Waals surface area contributed by atoms with Gasteiger partial charge in [-0.25, -0.2) is 0 Å². The number of nitrogens with zero attached hydrogens (tertiary/aromatic N) is 1. The molecular weight excluding hydrogens is 334 g/mol. The van der Waals surface area contributed by atoms with E-state index in [1.807, 2.05) is 21.0 Å². The molecule has 0 aliphatic carbocycles. The van der Waals surface area contributed by atoms with Crippen molar-refractivity contribution in [2.24, 2.45) is 0 Å². The lowest BCUT2D eigenvalue weighted by atomic mass is 10.0. The van der Waals surface area contributed by atoms with Gasteiger partial charge in [0.2, 0.25) is 5.91 Å². The standard InChI is InChI=1S/C23H29N3O/c1-15-6-7-16(2)23-22(15)20(17(3)25-23)14-21(27)24-13-12-18-8-10-19(11-9-18)26(4)5/h6-11,25H,12-14H2,1-5H3,(H,24,27). The van der Waals surface area contributed by atoms with E-state index in [1.54, 1.807) is 0 Å². The molecule has 0 unspecified atom stereocenters. The van der Waals surface area contributed by atoms with Crippen LogP contribution in [0.15, 0.2) is 36.4 Å². The minimum absolute atomic E-state index is 0.0739. The van der Waals surface area contributed by atoms with E-state index in [-0.39, 0.29) is 5.91 Å². The Morgan fingerprint density at radius 3 is 2.33 bits per heavy atom. The van der Waals surface area contributed by atoms with E-state index in [0.29, 0.717) is 13.0 Å². The minimum Gasteiger partial charge on any atom is -0.378 e. The lowest BCUT2D eigenvalue weighted by molar-refractivity contribution is -0.120. The zero-order valence-electron chi connectivity index (χ0n) is 16.9. The summed E-state index contributed by atoms with van der Waals surface area (Å²) in [6, 6.07) is 12.7. The highest BCUT2D eigenvalue weighted by Gasteiger charge is 2.15. The quantitative estimate of drug-likeness (QED) is 0.694. The van der Waals surface area contributed by atoms with Crippen molar-refractivity contribution >= 4 is 22.5 Å². The number of amides is 1. The van der Waals surface area contributed by atoms with Crippen LogP contribution in [0.3, 0.4) is 0 Å². The van der Waals surface area contributed by atoms with Crippen molar-refractivity contribution in [2.75, 3.05) is 25.5 Å². The van der Waals surface area contributed by atoms with Gasteiger partial charge in [-0.05, 0) is 61.6 Å². The maximum atomic E-state index is 12.5. The predicted octanol–water partition coefficient (Wildman–Crippen LogP) is 4.06. The second-order valence-electron chi connectivity index (χ2n) is 7.52. The van der Waals surface area contributed by atoms with Crippen molar-refractivity contribution in [1.82, 2.24) is 10.3 Å². The largest absolute Gasteiger partial charge is 0.378 e. The summed E-state index contributed by atoms with van der Waals surface area (Å²) in [4.78, 5) is 18.0. The number of aryl methyl sites for hydroxylation is 3. The molecule has 0 aliphatic rings. The maximum Gasteiger partial charge on any atom is 0.224 e. The van der Waals surface area contributed by atoms with Crippen LogP contribution in [0.2, 0.25) is 0 Å². The number of carbonyl (C=O) groups excluding carboxylic acids is 1. The number of H-pyrrole nitrogens is 1. The van der Waals surface area contributed by atoms with Crippen molar-refractivity contribution < 1.29 is 4.79 Å². The van der Waals surface area contributed by atoms with Gasteiger partial charge in [0.1, 0.15) is 0 Å². The molecule has 0 atom stereocenters. The number of nitrogens with one attached hydrogen (secondary N) is 2. The molecule has 3 rings (SSSR count). The average molecular weight is 364 g/mol. The third-order valence-corrected chi connectivity index (χ3v) is 5.21. The van der Waals surface area contributed by atoms with Crippen LogP contribution < -0.4 is 10.2 Å². The molecular formula is C23H29N3O. The van der Waals surface area contributed by atoms with Gasteiger partial charge in [-0.2, -0.15) is 0 Å². The van der Waals surface area contributed by atoms with E-state index in [2.05, 4.69) is 65.4 Å². The van der Waals surface area contributed by atoms with Crippen LogP contribution in [0.25, 0.3) is 10.9 Å². The number of hydrogen-bond donors (Lipinski definition) is 2. The summed E-state index contributed by atoms with van der Waals surface area (Å²) < 4.78 is 0. The number of carbonyl (C=O) groups is 1. The molecule has 2 aromatic carbocycles. The fraction of sp³-hybridized carbons (Fsp3) is 0.348. The smallest absolute Gasteiger partial charge is 0.224 e. The molecule has 1 amide bonds. The van der Waals surface area contributed by atoms with E-state index in [1.165, 1.54) is 27.8 Å². The van der Waals surface area contributed by atoms with Crippen LogP contribution in [0, 0.1) is 20.8 Å². The Labute approximate surface area is 161 Å². The molecule has 0 spiro atoms. The number of fused-ring (bicyclic) bond motifs is 1. The molecule has 0 saturated carbocycles. The first-order valence-electron chi connectivity index (χ1n) is 9.47. The fourth-order valence-corrected chi connectivity index (χ4v) is 3.56. The van der Waals surface area contributed by atoms with Crippen molar-refractivity contribution in [3.8, 4) is 0 Å². The highest BCUT2D eigenvalue weighted by Crippen LogP contribution is 2.28. The monoisotopic (exact) mass is 363 g/mol. The lowest BCUT2D eigenvalue weighted by Gasteiger charge is -2.12. The number of rotatable bonds is 6. The Balaban J connectivity index is 1.62. The zero-order valence-corrected chi connectivity index (χ0v) is 16.9. The normalized spacial score (nSPS) is 11.0. The van der Waals surface area contributed by atoms with Gasteiger partial charge < -0.3 is 15.2 Å². The van der Waals surface area contributed by atoms with Gasteiger partial charge in [0.05, 0.1) is 6.42 Å². The van der Waals surface area contributed by atoms with Gasteiger partial charge in [0, 0.05) is 42.9 Å². The number of aromatic nitrogens is 1. The highest BCUT2D eigenvalue weighted by atomic mass is 16.1. The summed E-state index contributed by atoms with van der Waals surface area (Å²) in [5, 5.41) is 4.27. The first-order valence-corrected chi connectivity index (χ1v) is 9.47. The summed E-state index contributed by atoms with van der Waals surface area (Å²) >= 11 is 0. The second-order valence-corrected chi connectivity index (χ2v) is 7.52. The second kappa shape index (κ2) is 7.87. The number of anilines is 1. The molecule has 2 N–H and O–H groups in total. The third-order valence-electron chi connectivity index (χ3n) is 5.21. The minimum atomic E-state index is 0.0739. The predicted molar refractivity (Wildman–Crippen MR) is 114 cm³/mol. The summed E-state index contributed by atoms with van der Waals surface area (Å²) in [6.07, 6.45) is 1.25. The Morgan fingerprint density at radius 1 is 1.00 bits per heavy atom. The number of aromatic amines is 1. The average Bonchev–Trinajstić information content (AvgIpc) is 2.96. The summed E-state index contributed by atoms with van der Waals surface area (Å²) in [5.74, 6) is 0.0739. The number of hydrogen-bond acceptors (Lipinski definition) is 2. The molecule has 1 aromatic heterocycles. The molecule has 0 bridgehead atoms. The summed E-state index contributed by atoms with van der Waals surface area (Å²) in [6.45, 7) is 6.91. The van der Waals surface area contributed by atoms with Gasteiger partial charge >= 0.3 is 0 Å². The summed E-state index contributed by atoms with van der Waals surface area (Å²) in [5.41, 5.74) is 8.18. The molecule has 142 valence electrons. The van der Waals surface area contributed by atoms with Crippen LogP contribution in [0.5, 0.6) is 0 Å². The Hall–Kier alpha value is -2.75. The lowest BCUT2D eigenvalue weighted by Crippen LogP contribution is -2.27. The van der Waals surface area contributed by atoms with E-state index in [9.17, 15) is 4.79 Å². The highest BCUT2D eigenvalue weighted by molar-refractivity contribution is 5.93. The molecule has 3 aromatic rings. The van der Waals surface area contributed by atoms with E-state index in [4.69, 9.17) is 0 Å². The molecule has 27 heavy (non-hydrogen) atoms. The molecule has 4 heteroatoms. The van der Waals surface area contributed by atoms with Crippen LogP contribution in [-0.4, -0.2) is 31.5 Å². The van der Waals surface area contributed by atoms with Gasteiger partial charge in [-0.15, -0.1) is 0 Å². The van der Waals surface area contributed by atoms with Gasteiger partial charge in [0.25, 0.3) is 0 Å². The zero-order chi connectivity index (χ0) is 19.6. The first kappa shape index (κ1) is 19.0. The van der Waals surface area contributed by atoms with Crippen LogP contribution in [0.1, 0.15) is 27.9 Å². The van der Waals surface area contributed by atoms with Crippen molar-refractivity contribution in [2.45, 2.75) is 33.6 Å². The Kier molecular flexibility index (Phi) is 5.54. The molecule has 0 radical (unpaired) electrons. The summed E-state index contributed by atoms with van der Waals surface area (Å²) in [7, 11) is 4.07. The molecule has 4 nitrogen and oxygen atoms in total. The number of benzene rings is 2. The molecule has 0 saturated heterocycles. The van der Waals surface area contributed by atoms with Crippen molar-refractivity contribution in [3.05, 3.63) is 64.3 Å². The van der Waals surface area contributed by atoms with Gasteiger partial charge in [-0.3, -0.25) is 4.79 Å². The van der Waals surface area contributed by atoms with Crippen LogP contribution in [0.4, 0.5) is 5.69 Å². The molecule has 0 aliphatic heterocycles. The topological polar surface area (TPSA) is 48.1 Å². The maximum absolute atomic E-state index is 12.5.